The molecule has 2 N–H and O–H groups in total. The van der Waals surface area contributed by atoms with E-state index in [-0.39, 0.29) is 5.92 Å². The fourth-order valence-electron chi connectivity index (χ4n) is 4.42. The first-order valence-electron chi connectivity index (χ1n) is 8.06. The van der Waals surface area contributed by atoms with Crippen molar-refractivity contribution in [3.8, 4) is 0 Å². The van der Waals surface area contributed by atoms with E-state index in [1.54, 1.807) is 0 Å². The Morgan fingerprint density at radius 3 is 2.81 bits per heavy atom. The molecular formula is C18H22N2O. The van der Waals surface area contributed by atoms with Crippen LogP contribution in [0.2, 0.25) is 0 Å². The van der Waals surface area contributed by atoms with Gasteiger partial charge >= 0.3 is 0 Å². The number of carbonyl (C=O) groups is 1. The van der Waals surface area contributed by atoms with Crippen LogP contribution in [0.1, 0.15) is 30.7 Å². The Kier molecular flexibility index (Phi) is 3.11. The van der Waals surface area contributed by atoms with Gasteiger partial charge in [-0.1, -0.05) is 30.4 Å². The number of rotatable bonds is 3. The van der Waals surface area contributed by atoms with Crippen LogP contribution >= 0.6 is 0 Å². The van der Waals surface area contributed by atoms with Gasteiger partial charge in [-0.2, -0.15) is 0 Å². The van der Waals surface area contributed by atoms with Crippen molar-refractivity contribution in [2.45, 2.75) is 25.2 Å². The molecule has 1 aliphatic heterocycles. The van der Waals surface area contributed by atoms with Crippen molar-refractivity contribution in [3.05, 3.63) is 42.0 Å². The summed E-state index contributed by atoms with van der Waals surface area (Å²) < 4.78 is 0. The van der Waals surface area contributed by atoms with Gasteiger partial charge in [-0.3, -0.25) is 4.79 Å². The van der Waals surface area contributed by atoms with E-state index in [0.717, 1.165) is 25.1 Å². The molecule has 0 spiro atoms. The van der Waals surface area contributed by atoms with Crippen LogP contribution in [-0.2, 0) is 4.79 Å². The average molecular weight is 282 g/mol. The molecule has 0 aromatic heterocycles. The molecule has 4 atom stereocenters. The van der Waals surface area contributed by atoms with Crippen molar-refractivity contribution in [2.24, 2.45) is 23.5 Å². The molecule has 3 nitrogen and oxygen atoms in total. The van der Waals surface area contributed by atoms with E-state index in [1.807, 2.05) is 11.0 Å². The Morgan fingerprint density at radius 2 is 2.10 bits per heavy atom. The van der Waals surface area contributed by atoms with E-state index in [9.17, 15) is 4.79 Å². The van der Waals surface area contributed by atoms with E-state index >= 15 is 0 Å². The third-order valence-corrected chi connectivity index (χ3v) is 5.45. The standard InChI is InChI=1S/C18H22N2O/c19-8-7-14-11-20(17-4-2-1-3-15(14)17)18(21)16-10-12-5-6-13(16)9-12/h1-6,12-14,16H,7-11,19H2. The summed E-state index contributed by atoms with van der Waals surface area (Å²) in [6, 6.07) is 8.34. The summed E-state index contributed by atoms with van der Waals surface area (Å²) in [7, 11) is 0. The molecule has 21 heavy (non-hydrogen) atoms. The quantitative estimate of drug-likeness (QED) is 0.866. The number of nitrogens with two attached hydrogens (primary N) is 1. The first-order valence-corrected chi connectivity index (χ1v) is 8.06. The summed E-state index contributed by atoms with van der Waals surface area (Å²) >= 11 is 0. The number of amides is 1. The predicted molar refractivity (Wildman–Crippen MR) is 84.1 cm³/mol. The van der Waals surface area contributed by atoms with Gasteiger partial charge in [0.05, 0.1) is 0 Å². The van der Waals surface area contributed by atoms with Gasteiger partial charge in [-0.15, -0.1) is 0 Å². The van der Waals surface area contributed by atoms with Crippen molar-refractivity contribution in [1.29, 1.82) is 0 Å². The molecule has 1 aromatic carbocycles. The summed E-state index contributed by atoms with van der Waals surface area (Å²) in [5.74, 6) is 2.05. The normalized spacial score (nSPS) is 32.7. The van der Waals surface area contributed by atoms with Gasteiger partial charge in [0, 0.05) is 24.1 Å². The minimum absolute atomic E-state index is 0.199. The summed E-state index contributed by atoms with van der Waals surface area (Å²) in [5.41, 5.74) is 8.17. The molecule has 1 saturated carbocycles. The highest BCUT2D eigenvalue weighted by Crippen LogP contribution is 2.46. The van der Waals surface area contributed by atoms with Crippen molar-refractivity contribution in [2.75, 3.05) is 18.0 Å². The van der Waals surface area contributed by atoms with Crippen molar-refractivity contribution >= 4 is 11.6 Å². The van der Waals surface area contributed by atoms with Gasteiger partial charge in [0.1, 0.15) is 0 Å². The number of hydrogen-bond acceptors (Lipinski definition) is 2. The number of anilines is 1. The molecule has 4 rings (SSSR count). The monoisotopic (exact) mass is 282 g/mol. The Bertz CT molecular complexity index is 595. The average Bonchev–Trinajstić information content (AvgIpc) is 3.21. The lowest BCUT2D eigenvalue weighted by Crippen LogP contribution is -2.37. The number of fused-ring (bicyclic) bond motifs is 3. The van der Waals surface area contributed by atoms with E-state index in [4.69, 9.17) is 5.73 Å². The molecule has 2 aliphatic carbocycles. The molecule has 3 aliphatic rings. The first-order chi connectivity index (χ1) is 10.3. The van der Waals surface area contributed by atoms with E-state index < -0.39 is 0 Å². The van der Waals surface area contributed by atoms with Crippen molar-refractivity contribution in [3.63, 3.8) is 0 Å². The number of para-hydroxylation sites is 1. The zero-order valence-electron chi connectivity index (χ0n) is 12.2. The summed E-state index contributed by atoms with van der Waals surface area (Å²) in [5, 5.41) is 0. The topological polar surface area (TPSA) is 46.3 Å². The Morgan fingerprint density at radius 1 is 1.24 bits per heavy atom. The van der Waals surface area contributed by atoms with Gasteiger partial charge in [-0.25, -0.2) is 0 Å². The van der Waals surface area contributed by atoms with Crippen LogP contribution in [0, 0.1) is 17.8 Å². The third kappa shape index (κ3) is 2.03. The number of benzene rings is 1. The number of nitrogens with zero attached hydrogens (tertiary/aromatic N) is 1. The van der Waals surface area contributed by atoms with Gasteiger partial charge in [-0.05, 0) is 49.3 Å². The number of allylic oxidation sites excluding steroid dienone is 2. The maximum Gasteiger partial charge on any atom is 0.230 e. The maximum absolute atomic E-state index is 13.0. The first kappa shape index (κ1) is 13.1. The zero-order valence-corrected chi connectivity index (χ0v) is 12.2. The Labute approximate surface area is 125 Å². The van der Waals surface area contributed by atoms with Crippen molar-refractivity contribution < 1.29 is 4.79 Å². The lowest BCUT2D eigenvalue weighted by molar-refractivity contribution is -0.123. The largest absolute Gasteiger partial charge is 0.330 e. The second-order valence-corrected chi connectivity index (χ2v) is 6.67. The second-order valence-electron chi connectivity index (χ2n) is 6.67. The van der Waals surface area contributed by atoms with E-state index in [0.29, 0.717) is 30.2 Å². The molecule has 1 fully saturated rings. The smallest absolute Gasteiger partial charge is 0.230 e. The zero-order chi connectivity index (χ0) is 14.4. The number of hydrogen-bond donors (Lipinski definition) is 1. The molecular weight excluding hydrogens is 260 g/mol. The number of carbonyl (C=O) groups excluding carboxylic acids is 1. The molecule has 1 aromatic rings. The van der Waals surface area contributed by atoms with Gasteiger partial charge in [0.2, 0.25) is 5.91 Å². The van der Waals surface area contributed by atoms with Crippen LogP contribution in [0.25, 0.3) is 0 Å². The lowest BCUT2D eigenvalue weighted by Gasteiger charge is -2.25. The van der Waals surface area contributed by atoms with Crippen LogP contribution in [0.4, 0.5) is 5.69 Å². The van der Waals surface area contributed by atoms with Crippen LogP contribution in [0.3, 0.4) is 0 Å². The van der Waals surface area contributed by atoms with Gasteiger partial charge in [0.15, 0.2) is 0 Å². The third-order valence-electron chi connectivity index (χ3n) is 5.45. The highest BCUT2D eigenvalue weighted by Gasteiger charge is 2.43. The molecule has 0 saturated heterocycles. The van der Waals surface area contributed by atoms with E-state index in [1.165, 1.54) is 12.0 Å². The van der Waals surface area contributed by atoms with Gasteiger partial charge < -0.3 is 10.6 Å². The maximum atomic E-state index is 13.0. The molecule has 4 unspecified atom stereocenters. The fraction of sp³-hybridized carbons (Fsp3) is 0.500. The Balaban J connectivity index is 1.61. The molecule has 1 heterocycles. The molecule has 0 radical (unpaired) electrons. The predicted octanol–water partition coefficient (Wildman–Crippen LogP) is 2.68. The van der Waals surface area contributed by atoms with Crippen LogP contribution in [-0.4, -0.2) is 19.0 Å². The second kappa shape index (κ2) is 4.99. The van der Waals surface area contributed by atoms with Crippen LogP contribution in [0.15, 0.2) is 36.4 Å². The summed E-state index contributed by atoms with van der Waals surface area (Å²) in [6.07, 6.45) is 7.73. The summed E-state index contributed by atoms with van der Waals surface area (Å²) in [4.78, 5) is 15.0. The SMILES string of the molecule is NCCC1CN(C(=O)C2CC3C=CC2C3)c2ccccc21. The molecule has 1 amide bonds. The van der Waals surface area contributed by atoms with Gasteiger partial charge in [0.25, 0.3) is 0 Å². The van der Waals surface area contributed by atoms with Crippen LogP contribution in [0.5, 0.6) is 0 Å². The minimum atomic E-state index is 0.199. The van der Waals surface area contributed by atoms with Crippen molar-refractivity contribution in [1.82, 2.24) is 0 Å². The van der Waals surface area contributed by atoms with Crippen LogP contribution < -0.4 is 10.6 Å². The Hall–Kier alpha value is -1.61. The highest BCUT2D eigenvalue weighted by molar-refractivity contribution is 5.98. The molecule has 3 heteroatoms. The highest BCUT2D eigenvalue weighted by atomic mass is 16.2. The molecule has 110 valence electrons. The fourth-order valence-corrected chi connectivity index (χ4v) is 4.42. The summed E-state index contributed by atoms with van der Waals surface area (Å²) in [6.45, 7) is 1.49. The van der Waals surface area contributed by atoms with E-state index in [2.05, 4.69) is 30.4 Å². The minimum Gasteiger partial charge on any atom is -0.330 e. The molecule has 2 bridgehead atoms. The lowest BCUT2D eigenvalue weighted by atomic mass is 9.92.